The Morgan fingerprint density at radius 2 is 1.85 bits per heavy atom. The largest absolute Gasteiger partial charge is 0.364 e. The van der Waals surface area contributed by atoms with Gasteiger partial charge in [0, 0.05) is 5.69 Å². The van der Waals surface area contributed by atoms with Crippen molar-refractivity contribution in [2.24, 2.45) is 11.7 Å². The van der Waals surface area contributed by atoms with Crippen LogP contribution >= 0.6 is 0 Å². The Balaban J connectivity index is 2.03. The Labute approximate surface area is 156 Å². The van der Waals surface area contributed by atoms with Gasteiger partial charge in [0.25, 0.3) is 5.91 Å². The maximum absolute atomic E-state index is 11.7. The van der Waals surface area contributed by atoms with Gasteiger partial charge in [-0.25, -0.2) is 4.68 Å². The first-order valence-corrected chi connectivity index (χ1v) is 9.75. The van der Waals surface area contributed by atoms with E-state index in [9.17, 15) is 4.79 Å². The van der Waals surface area contributed by atoms with Crippen molar-refractivity contribution in [3.8, 4) is 5.69 Å². The number of aryl methyl sites for hydroxylation is 1. The van der Waals surface area contributed by atoms with Crippen LogP contribution in [0.1, 0.15) is 80.2 Å². The molecule has 140 valence electrons. The zero-order valence-corrected chi connectivity index (χ0v) is 16.5. The highest BCUT2D eigenvalue weighted by atomic mass is 16.1. The van der Waals surface area contributed by atoms with Gasteiger partial charge in [0.15, 0.2) is 5.69 Å². The van der Waals surface area contributed by atoms with Gasteiger partial charge in [-0.15, -0.1) is 0 Å². The number of amides is 1. The van der Waals surface area contributed by atoms with Crippen molar-refractivity contribution in [1.29, 1.82) is 0 Å². The number of nitrogens with two attached hydrogens (primary N) is 1. The van der Waals surface area contributed by atoms with E-state index in [-0.39, 0.29) is 5.41 Å². The smallest absolute Gasteiger partial charge is 0.269 e. The van der Waals surface area contributed by atoms with Crippen LogP contribution in [0.5, 0.6) is 0 Å². The normalized spacial score (nSPS) is 16.0. The molecule has 0 atom stereocenters. The third-order valence-corrected chi connectivity index (χ3v) is 5.43. The average Bonchev–Trinajstić information content (AvgIpc) is 2.98. The molecule has 0 saturated heterocycles. The molecule has 0 spiro atoms. The zero-order valence-electron chi connectivity index (χ0n) is 16.5. The standard InChI is InChI=1S/C22H31N3O/c1-15-10-17(22(2,3)4)13-18(11-15)25-19(14-20(24-25)21(23)26)12-16-8-6-5-7-9-16/h10-11,13-14,16H,5-9,12H2,1-4H3,(H2,23,26). The lowest BCUT2D eigenvalue weighted by Crippen LogP contribution is -2.15. The number of aromatic nitrogens is 2. The number of hydrogen-bond donors (Lipinski definition) is 1. The first-order valence-electron chi connectivity index (χ1n) is 9.75. The van der Waals surface area contributed by atoms with Crippen molar-refractivity contribution in [2.75, 3.05) is 0 Å². The number of benzene rings is 1. The summed E-state index contributed by atoms with van der Waals surface area (Å²) in [5, 5.41) is 4.55. The average molecular weight is 354 g/mol. The second-order valence-corrected chi connectivity index (χ2v) is 8.81. The van der Waals surface area contributed by atoms with Crippen LogP contribution in [0.25, 0.3) is 5.69 Å². The van der Waals surface area contributed by atoms with Gasteiger partial charge in [0.2, 0.25) is 0 Å². The summed E-state index contributed by atoms with van der Waals surface area (Å²) in [4.78, 5) is 11.7. The SMILES string of the molecule is Cc1cc(-n2nc(C(N)=O)cc2CC2CCCCC2)cc(C(C)(C)C)c1. The molecule has 2 aromatic rings. The van der Waals surface area contributed by atoms with Crippen LogP contribution in [0, 0.1) is 12.8 Å². The van der Waals surface area contributed by atoms with E-state index in [1.165, 1.54) is 43.2 Å². The van der Waals surface area contributed by atoms with E-state index in [4.69, 9.17) is 5.73 Å². The van der Waals surface area contributed by atoms with Crippen molar-refractivity contribution < 1.29 is 4.79 Å². The van der Waals surface area contributed by atoms with Crippen LogP contribution in [-0.4, -0.2) is 15.7 Å². The molecule has 26 heavy (non-hydrogen) atoms. The number of nitrogens with zero attached hydrogens (tertiary/aromatic N) is 2. The number of primary amides is 1. The molecule has 1 fully saturated rings. The Bertz CT molecular complexity index is 792. The van der Waals surface area contributed by atoms with E-state index >= 15 is 0 Å². The van der Waals surface area contributed by atoms with Crippen LogP contribution in [0.4, 0.5) is 0 Å². The molecule has 0 unspecified atom stereocenters. The topological polar surface area (TPSA) is 60.9 Å². The number of carbonyl (C=O) groups is 1. The van der Waals surface area contributed by atoms with Gasteiger partial charge in [-0.2, -0.15) is 5.10 Å². The molecule has 1 saturated carbocycles. The zero-order chi connectivity index (χ0) is 18.9. The lowest BCUT2D eigenvalue weighted by Gasteiger charge is -2.23. The molecule has 1 aliphatic carbocycles. The van der Waals surface area contributed by atoms with Crippen LogP contribution in [-0.2, 0) is 11.8 Å². The number of rotatable bonds is 4. The van der Waals surface area contributed by atoms with Crippen LogP contribution < -0.4 is 5.73 Å². The summed E-state index contributed by atoms with van der Waals surface area (Å²) in [6, 6.07) is 8.44. The molecule has 1 aromatic carbocycles. The van der Waals surface area contributed by atoms with Crippen molar-refractivity contribution in [3.05, 3.63) is 46.8 Å². The van der Waals surface area contributed by atoms with Gasteiger partial charge in [0.1, 0.15) is 0 Å². The molecule has 1 aliphatic rings. The van der Waals surface area contributed by atoms with Crippen molar-refractivity contribution in [2.45, 2.75) is 71.6 Å². The van der Waals surface area contributed by atoms with Gasteiger partial charge in [-0.3, -0.25) is 4.79 Å². The summed E-state index contributed by atoms with van der Waals surface area (Å²) in [6.45, 7) is 8.75. The molecule has 0 aliphatic heterocycles. The van der Waals surface area contributed by atoms with E-state index in [0.717, 1.165) is 17.8 Å². The minimum atomic E-state index is -0.461. The number of carbonyl (C=O) groups excluding carboxylic acids is 1. The van der Waals surface area contributed by atoms with Crippen LogP contribution in [0.15, 0.2) is 24.3 Å². The summed E-state index contributed by atoms with van der Waals surface area (Å²) in [5.74, 6) is 0.212. The Kier molecular flexibility index (Phi) is 5.22. The fraction of sp³-hybridized carbons (Fsp3) is 0.545. The van der Waals surface area contributed by atoms with Crippen LogP contribution in [0.3, 0.4) is 0 Å². The Hall–Kier alpha value is -2.10. The maximum atomic E-state index is 11.7. The quantitative estimate of drug-likeness (QED) is 0.866. The highest BCUT2D eigenvalue weighted by Crippen LogP contribution is 2.30. The van der Waals surface area contributed by atoms with Gasteiger partial charge < -0.3 is 5.73 Å². The summed E-state index contributed by atoms with van der Waals surface area (Å²) in [6.07, 6.45) is 7.44. The van der Waals surface area contributed by atoms with Crippen LogP contribution in [0.2, 0.25) is 0 Å². The molecule has 0 bridgehead atoms. The molecular weight excluding hydrogens is 322 g/mol. The second kappa shape index (κ2) is 7.26. The highest BCUT2D eigenvalue weighted by molar-refractivity contribution is 5.90. The van der Waals surface area contributed by atoms with E-state index in [0.29, 0.717) is 11.6 Å². The fourth-order valence-electron chi connectivity index (χ4n) is 3.91. The maximum Gasteiger partial charge on any atom is 0.269 e. The molecule has 2 N–H and O–H groups in total. The fourth-order valence-corrected chi connectivity index (χ4v) is 3.91. The monoisotopic (exact) mass is 353 g/mol. The predicted octanol–water partition coefficient (Wildman–Crippen LogP) is 4.70. The molecule has 1 aromatic heterocycles. The Morgan fingerprint density at radius 3 is 2.46 bits per heavy atom. The summed E-state index contributed by atoms with van der Waals surface area (Å²) < 4.78 is 1.94. The highest BCUT2D eigenvalue weighted by Gasteiger charge is 2.21. The molecule has 0 radical (unpaired) electrons. The third kappa shape index (κ3) is 4.17. The van der Waals surface area contributed by atoms with Crippen molar-refractivity contribution in [3.63, 3.8) is 0 Å². The van der Waals surface area contributed by atoms with Crippen molar-refractivity contribution >= 4 is 5.91 Å². The van der Waals surface area contributed by atoms with E-state index < -0.39 is 5.91 Å². The van der Waals surface area contributed by atoms with Gasteiger partial charge in [0.05, 0.1) is 5.69 Å². The minimum Gasteiger partial charge on any atom is -0.364 e. The second-order valence-electron chi connectivity index (χ2n) is 8.81. The molecule has 3 rings (SSSR count). The lowest BCUT2D eigenvalue weighted by molar-refractivity contribution is 0.0995. The summed E-state index contributed by atoms with van der Waals surface area (Å²) in [5.41, 5.74) is 10.5. The third-order valence-electron chi connectivity index (χ3n) is 5.43. The van der Waals surface area contributed by atoms with Gasteiger partial charge in [-0.05, 0) is 54.0 Å². The Morgan fingerprint density at radius 1 is 1.15 bits per heavy atom. The van der Waals surface area contributed by atoms with Gasteiger partial charge in [-0.1, -0.05) is 58.9 Å². The van der Waals surface area contributed by atoms with Crippen molar-refractivity contribution in [1.82, 2.24) is 9.78 Å². The first kappa shape index (κ1) is 18.7. The molecular formula is C22H31N3O. The van der Waals surface area contributed by atoms with E-state index in [2.05, 4.69) is 51.0 Å². The predicted molar refractivity (Wildman–Crippen MR) is 106 cm³/mol. The lowest BCUT2D eigenvalue weighted by atomic mass is 9.85. The van der Waals surface area contributed by atoms with E-state index in [1.54, 1.807) is 0 Å². The molecule has 4 heteroatoms. The summed E-state index contributed by atoms with van der Waals surface area (Å²) in [7, 11) is 0. The molecule has 1 heterocycles. The first-order chi connectivity index (χ1) is 12.2. The number of hydrogen-bond acceptors (Lipinski definition) is 2. The van der Waals surface area contributed by atoms with Gasteiger partial charge >= 0.3 is 0 Å². The minimum absolute atomic E-state index is 0.0595. The van der Waals surface area contributed by atoms with E-state index in [1.807, 2.05) is 10.7 Å². The summed E-state index contributed by atoms with van der Waals surface area (Å²) >= 11 is 0. The molecule has 1 amide bonds. The molecule has 4 nitrogen and oxygen atoms in total.